The van der Waals surface area contributed by atoms with Gasteiger partial charge in [0.1, 0.15) is 5.82 Å². The van der Waals surface area contributed by atoms with E-state index in [4.69, 9.17) is 0 Å². The highest BCUT2D eigenvalue weighted by Crippen LogP contribution is 2.27. The van der Waals surface area contributed by atoms with Crippen LogP contribution in [0.25, 0.3) is 0 Å². The monoisotopic (exact) mass is 335 g/mol. The fourth-order valence-corrected chi connectivity index (χ4v) is 2.82. The first-order valence-electron chi connectivity index (χ1n) is 6.89. The molecule has 0 amide bonds. The Morgan fingerprint density at radius 1 is 1.30 bits per heavy atom. The second-order valence-corrected chi connectivity index (χ2v) is 6.23. The number of halogens is 1. The van der Waals surface area contributed by atoms with E-state index in [0.29, 0.717) is 5.92 Å². The van der Waals surface area contributed by atoms with Crippen molar-refractivity contribution in [2.75, 3.05) is 18.0 Å². The molecule has 0 spiro atoms. The van der Waals surface area contributed by atoms with Crippen LogP contribution in [-0.4, -0.2) is 33.0 Å². The molecule has 1 N–H and O–H groups in total. The van der Waals surface area contributed by atoms with Crippen molar-refractivity contribution in [1.29, 1.82) is 0 Å². The van der Waals surface area contributed by atoms with Gasteiger partial charge in [0.15, 0.2) is 0 Å². The molecule has 3 rings (SSSR count). The summed E-state index contributed by atoms with van der Waals surface area (Å²) in [5.74, 6) is 2.34. The molecular weight excluding hydrogens is 318 g/mol. The highest BCUT2D eigenvalue weighted by molar-refractivity contribution is 9.10. The van der Waals surface area contributed by atoms with Gasteiger partial charge in [-0.2, -0.15) is 0 Å². The molecule has 1 aliphatic rings. The number of hydrogen-bond acceptors (Lipinski definition) is 4. The lowest BCUT2D eigenvalue weighted by molar-refractivity contribution is 0.488. The lowest BCUT2D eigenvalue weighted by atomic mass is 9.97. The number of piperidine rings is 1. The Kier molecular flexibility index (Phi) is 3.74. The molecule has 106 valence electrons. The zero-order chi connectivity index (χ0) is 14.1. The zero-order valence-electron chi connectivity index (χ0n) is 11.7. The number of H-pyrrole nitrogens is 1. The molecule has 1 unspecified atom stereocenters. The normalized spacial score (nSPS) is 19.4. The number of anilines is 1. The molecule has 0 bridgehead atoms. The van der Waals surface area contributed by atoms with E-state index in [9.17, 15) is 0 Å². The van der Waals surface area contributed by atoms with Crippen LogP contribution in [0.1, 0.15) is 36.0 Å². The Morgan fingerprint density at radius 3 is 2.70 bits per heavy atom. The number of imidazole rings is 1. The number of rotatable bonds is 2. The van der Waals surface area contributed by atoms with Crippen molar-refractivity contribution < 1.29 is 0 Å². The third kappa shape index (κ3) is 2.70. The van der Waals surface area contributed by atoms with Crippen LogP contribution in [0.3, 0.4) is 0 Å². The van der Waals surface area contributed by atoms with Gasteiger partial charge in [-0.1, -0.05) is 0 Å². The number of hydrogen-bond donors (Lipinski definition) is 1. The first-order chi connectivity index (χ1) is 9.63. The van der Waals surface area contributed by atoms with Crippen molar-refractivity contribution in [1.82, 2.24) is 19.9 Å². The molecule has 0 saturated carbocycles. The largest absolute Gasteiger partial charge is 0.346 e. The zero-order valence-corrected chi connectivity index (χ0v) is 13.3. The maximum absolute atomic E-state index is 4.65. The van der Waals surface area contributed by atoms with Gasteiger partial charge in [-0.15, -0.1) is 0 Å². The molecule has 2 aromatic rings. The molecule has 3 heterocycles. The van der Waals surface area contributed by atoms with E-state index in [1.165, 1.54) is 6.42 Å². The fraction of sp³-hybridized carbons (Fsp3) is 0.500. The molecule has 1 fully saturated rings. The molecule has 5 nitrogen and oxygen atoms in total. The van der Waals surface area contributed by atoms with Crippen LogP contribution >= 0.6 is 15.9 Å². The molecule has 1 saturated heterocycles. The lowest BCUT2D eigenvalue weighted by Gasteiger charge is -2.31. The molecule has 0 radical (unpaired) electrons. The Labute approximate surface area is 127 Å². The quantitative estimate of drug-likeness (QED) is 0.916. The van der Waals surface area contributed by atoms with Crippen LogP contribution in [0.2, 0.25) is 0 Å². The van der Waals surface area contributed by atoms with Gasteiger partial charge in [0.2, 0.25) is 5.95 Å². The summed E-state index contributed by atoms with van der Waals surface area (Å²) in [4.78, 5) is 19.1. The van der Waals surface area contributed by atoms with Gasteiger partial charge in [0, 0.05) is 37.1 Å². The van der Waals surface area contributed by atoms with Gasteiger partial charge in [-0.25, -0.2) is 15.0 Å². The summed E-state index contributed by atoms with van der Waals surface area (Å²) in [7, 11) is 0. The van der Waals surface area contributed by atoms with Crippen LogP contribution in [0.5, 0.6) is 0 Å². The number of aromatic nitrogens is 4. The smallest absolute Gasteiger partial charge is 0.225 e. The van der Waals surface area contributed by atoms with E-state index in [2.05, 4.69) is 47.7 Å². The molecule has 2 aromatic heterocycles. The lowest BCUT2D eigenvalue weighted by Crippen LogP contribution is -2.35. The van der Waals surface area contributed by atoms with Gasteiger partial charge in [-0.3, -0.25) is 0 Å². The summed E-state index contributed by atoms with van der Waals surface area (Å²) in [6.45, 7) is 6.06. The van der Waals surface area contributed by atoms with Crippen molar-refractivity contribution in [3.8, 4) is 0 Å². The average molecular weight is 336 g/mol. The predicted molar refractivity (Wildman–Crippen MR) is 82.0 cm³/mol. The van der Waals surface area contributed by atoms with Crippen molar-refractivity contribution in [3.63, 3.8) is 0 Å². The highest BCUT2D eigenvalue weighted by atomic mass is 79.9. The molecule has 1 atom stereocenters. The Bertz CT molecular complexity index is 573. The summed E-state index contributed by atoms with van der Waals surface area (Å²) in [6, 6.07) is 0. The Hall–Kier alpha value is -1.43. The first kappa shape index (κ1) is 13.5. The fourth-order valence-electron chi connectivity index (χ4n) is 2.62. The molecule has 1 aliphatic heterocycles. The first-order valence-corrected chi connectivity index (χ1v) is 7.68. The Morgan fingerprint density at radius 2 is 2.05 bits per heavy atom. The third-order valence-corrected chi connectivity index (χ3v) is 4.25. The SMILES string of the molecule is Cc1nc(C2CCCN(c3ncc(Br)cn3)C2)[nH]c1C. The van der Waals surface area contributed by atoms with Gasteiger partial charge in [0.25, 0.3) is 0 Å². The number of aromatic amines is 1. The van der Waals surface area contributed by atoms with Crippen molar-refractivity contribution in [2.45, 2.75) is 32.6 Å². The summed E-state index contributed by atoms with van der Waals surface area (Å²) in [5, 5.41) is 0. The summed E-state index contributed by atoms with van der Waals surface area (Å²) in [5.41, 5.74) is 2.26. The number of nitrogens with one attached hydrogen (secondary N) is 1. The van der Waals surface area contributed by atoms with Crippen molar-refractivity contribution in [2.24, 2.45) is 0 Å². The van der Waals surface area contributed by atoms with Gasteiger partial charge in [0.05, 0.1) is 10.2 Å². The van der Waals surface area contributed by atoms with Crippen LogP contribution in [0.15, 0.2) is 16.9 Å². The summed E-state index contributed by atoms with van der Waals surface area (Å²) < 4.78 is 0.909. The van der Waals surface area contributed by atoms with Crippen LogP contribution < -0.4 is 4.90 Å². The maximum Gasteiger partial charge on any atom is 0.225 e. The van der Waals surface area contributed by atoms with Crippen LogP contribution in [-0.2, 0) is 0 Å². The van der Waals surface area contributed by atoms with E-state index in [1.807, 2.05) is 6.92 Å². The number of aryl methyl sites for hydroxylation is 2. The molecule has 0 aromatic carbocycles. The highest BCUT2D eigenvalue weighted by Gasteiger charge is 2.25. The van der Waals surface area contributed by atoms with E-state index in [0.717, 1.165) is 47.1 Å². The standard InChI is InChI=1S/C14H18BrN5/c1-9-10(2)19-13(18-9)11-4-3-5-20(8-11)14-16-6-12(15)7-17-14/h6-7,11H,3-5,8H2,1-2H3,(H,18,19). The van der Waals surface area contributed by atoms with E-state index in [-0.39, 0.29) is 0 Å². The van der Waals surface area contributed by atoms with Gasteiger partial charge in [-0.05, 0) is 42.6 Å². The van der Waals surface area contributed by atoms with E-state index in [1.54, 1.807) is 12.4 Å². The minimum absolute atomic E-state index is 0.434. The summed E-state index contributed by atoms with van der Waals surface area (Å²) in [6.07, 6.45) is 5.91. The predicted octanol–water partition coefficient (Wildman–Crippen LogP) is 2.96. The molecular formula is C14H18BrN5. The molecule has 20 heavy (non-hydrogen) atoms. The van der Waals surface area contributed by atoms with Crippen molar-refractivity contribution in [3.05, 3.63) is 34.1 Å². The average Bonchev–Trinajstić information content (AvgIpc) is 2.80. The maximum atomic E-state index is 4.65. The minimum Gasteiger partial charge on any atom is -0.346 e. The van der Waals surface area contributed by atoms with Gasteiger partial charge >= 0.3 is 0 Å². The number of nitrogens with zero attached hydrogens (tertiary/aromatic N) is 4. The second-order valence-electron chi connectivity index (χ2n) is 5.32. The second kappa shape index (κ2) is 5.52. The molecule has 6 heteroatoms. The van der Waals surface area contributed by atoms with Crippen LogP contribution in [0.4, 0.5) is 5.95 Å². The molecule has 0 aliphatic carbocycles. The van der Waals surface area contributed by atoms with E-state index < -0.39 is 0 Å². The van der Waals surface area contributed by atoms with Crippen LogP contribution in [0, 0.1) is 13.8 Å². The minimum atomic E-state index is 0.434. The third-order valence-electron chi connectivity index (χ3n) is 3.84. The van der Waals surface area contributed by atoms with Gasteiger partial charge < -0.3 is 9.88 Å². The topological polar surface area (TPSA) is 57.7 Å². The van der Waals surface area contributed by atoms with E-state index >= 15 is 0 Å². The summed E-state index contributed by atoms with van der Waals surface area (Å²) >= 11 is 3.37. The Balaban J connectivity index is 1.77. The van der Waals surface area contributed by atoms with Crippen molar-refractivity contribution >= 4 is 21.9 Å².